The highest BCUT2D eigenvalue weighted by molar-refractivity contribution is 6.34. The summed E-state index contributed by atoms with van der Waals surface area (Å²) in [6.45, 7) is 4.94. The minimum absolute atomic E-state index is 0.0482. The average Bonchev–Trinajstić information content (AvgIpc) is 3.57. The lowest BCUT2D eigenvalue weighted by atomic mass is 9.99. The molecule has 0 bridgehead atoms. The summed E-state index contributed by atoms with van der Waals surface area (Å²) in [5.41, 5.74) is 5.83. The molecule has 13 heteroatoms. The number of nitrogens with zero attached hydrogens (tertiary/aromatic N) is 3. The zero-order valence-corrected chi connectivity index (χ0v) is 28.5. The summed E-state index contributed by atoms with van der Waals surface area (Å²) in [6.07, 6.45) is 0.299. The Balaban J connectivity index is 1.36. The Kier molecular flexibility index (Phi) is 12.1. The number of carboxylic acid groups (broad SMARTS) is 1. The fraction of sp³-hybridized carbons (Fsp3) is 0.278. The topological polar surface area (TPSA) is 147 Å². The number of halogens is 2. The van der Waals surface area contributed by atoms with Crippen LogP contribution in [0, 0.1) is 0 Å². The Morgan fingerprint density at radius 3 is 2.39 bits per heavy atom. The molecule has 1 aromatic heterocycles. The molecule has 0 radical (unpaired) electrons. The largest absolute Gasteiger partial charge is 0.488 e. The zero-order valence-electron chi connectivity index (χ0n) is 27.0. The number of rotatable bonds is 16. The van der Waals surface area contributed by atoms with Gasteiger partial charge in [-0.05, 0) is 59.1 Å². The highest BCUT2D eigenvalue weighted by Gasteiger charge is 2.19. The molecule has 11 nitrogen and oxygen atoms in total. The van der Waals surface area contributed by atoms with E-state index in [9.17, 15) is 19.8 Å². The van der Waals surface area contributed by atoms with E-state index in [1.165, 1.54) is 0 Å². The molecule has 1 unspecified atom stereocenters. The van der Waals surface area contributed by atoms with E-state index in [4.69, 9.17) is 37.3 Å². The van der Waals surface area contributed by atoms with Gasteiger partial charge >= 0.3 is 5.97 Å². The first kappa shape index (κ1) is 35.6. The molecule has 0 saturated heterocycles. The molecule has 256 valence electrons. The van der Waals surface area contributed by atoms with Crippen molar-refractivity contribution in [3.8, 4) is 22.6 Å². The lowest BCUT2D eigenvalue weighted by Crippen LogP contribution is -2.39. The van der Waals surface area contributed by atoms with Gasteiger partial charge < -0.3 is 24.6 Å². The van der Waals surface area contributed by atoms with E-state index < -0.39 is 18.6 Å². The number of hydrogen-bond donors (Lipinski definition) is 3. The number of likely N-dealkylation sites (N-methyl/N-ethyl adjacent to an activating group) is 1. The third-order valence-electron chi connectivity index (χ3n) is 8.02. The Morgan fingerprint density at radius 2 is 1.63 bits per heavy atom. The van der Waals surface area contributed by atoms with Crippen LogP contribution >= 0.6 is 23.2 Å². The van der Waals surface area contributed by atoms with E-state index in [-0.39, 0.29) is 30.7 Å². The maximum atomic E-state index is 12.7. The molecule has 0 saturated carbocycles. The van der Waals surface area contributed by atoms with Gasteiger partial charge in [0.25, 0.3) is 0 Å². The van der Waals surface area contributed by atoms with Gasteiger partial charge in [-0.25, -0.2) is 4.63 Å². The molecule has 0 aliphatic rings. The van der Waals surface area contributed by atoms with E-state index in [0.717, 1.165) is 27.8 Å². The highest BCUT2D eigenvalue weighted by Crippen LogP contribution is 2.36. The summed E-state index contributed by atoms with van der Waals surface area (Å²) >= 11 is 13.6. The predicted molar refractivity (Wildman–Crippen MR) is 186 cm³/mol. The van der Waals surface area contributed by atoms with Crippen molar-refractivity contribution < 1.29 is 33.9 Å². The lowest BCUT2D eigenvalue weighted by molar-refractivity contribution is -0.140. The number of hydrogen-bond acceptors (Lipinski definition) is 9. The van der Waals surface area contributed by atoms with Crippen LogP contribution in [0.3, 0.4) is 0 Å². The minimum Gasteiger partial charge on any atom is -0.488 e. The third kappa shape index (κ3) is 8.87. The van der Waals surface area contributed by atoms with Gasteiger partial charge in [-0.2, -0.15) is 0 Å². The normalized spacial score (nSPS) is 11.8. The summed E-state index contributed by atoms with van der Waals surface area (Å²) < 4.78 is 17.1. The van der Waals surface area contributed by atoms with Gasteiger partial charge in [0.1, 0.15) is 41.8 Å². The number of aliphatic hydroxyl groups is 1. The van der Waals surface area contributed by atoms with Crippen LogP contribution in [0.5, 0.6) is 11.5 Å². The van der Waals surface area contributed by atoms with Gasteiger partial charge in [-0.15, -0.1) is 0 Å². The first-order chi connectivity index (χ1) is 23.7. The van der Waals surface area contributed by atoms with E-state index in [1.807, 2.05) is 62.4 Å². The van der Waals surface area contributed by atoms with Crippen molar-refractivity contribution in [3.63, 3.8) is 0 Å². The average molecular weight is 708 g/mol. The van der Waals surface area contributed by atoms with Crippen LogP contribution in [-0.2, 0) is 35.8 Å². The van der Waals surface area contributed by atoms with Gasteiger partial charge in [0.2, 0.25) is 5.91 Å². The number of aliphatic carboxylic acids is 1. The number of carbonyl (C=O) groups is 2. The second-order valence-electron chi connectivity index (χ2n) is 11.2. The Bertz CT molecular complexity index is 1930. The van der Waals surface area contributed by atoms with Crippen molar-refractivity contribution in [3.05, 3.63) is 105 Å². The Hall–Kier alpha value is -4.68. The third-order valence-corrected chi connectivity index (χ3v) is 8.76. The molecule has 5 aromatic rings. The van der Waals surface area contributed by atoms with Crippen LogP contribution in [0.25, 0.3) is 22.2 Å². The van der Waals surface area contributed by atoms with Crippen molar-refractivity contribution in [2.45, 2.75) is 46.1 Å². The van der Waals surface area contributed by atoms with Crippen molar-refractivity contribution in [2.75, 3.05) is 19.7 Å². The highest BCUT2D eigenvalue weighted by atomic mass is 35.5. The summed E-state index contributed by atoms with van der Waals surface area (Å²) in [5.74, 6) is -0.402. The first-order valence-electron chi connectivity index (χ1n) is 15.7. The van der Waals surface area contributed by atoms with Crippen LogP contribution in [0.1, 0.15) is 36.1 Å². The number of amides is 1. The molecule has 0 aliphatic carbocycles. The van der Waals surface area contributed by atoms with Gasteiger partial charge in [0.15, 0.2) is 0 Å². The fourth-order valence-electron chi connectivity index (χ4n) is 5.28. The maximum Gasteiger partial charge on any atom is 0.323 e. The molecule has 0 aliphatic heterocycles. The molecule has 49 heavy (non-hydrogen) atoms. The summed E-state index contributed by atoms with van der Waals surface area (Å²) in [6, 6.07) is 20.9. The number of ether oxygens (including phenoxy) is 2. The van der Waals surface area contributed by atoms with Crippen LogP contribution < -0.4 is 14.8 Å². The second kappa shape index (κ2) is 16.6. The molecular weight excluding hydrogens is 671 g/mol. The fourth-order valence-corrected chi connectivity index (χ4v) is 5.81. The van der Waals surface area contributed by atoms with Gasteiger partial charge in [0.05, 0.1) is 23.1 Å². The maximum absolute atomic E-state index is 12.7. The monoisotopic (exact) mass is 706 g/mol. The van der Waals surface area contributed by atoms with E-state index >= 15 is 0 Å². The number of carbonyl (C=O) groups excluding carboxylic acids is 1. The molecular formula is C36H36Cl2N4O7. The van der Waals surface area contributed by atoms with Crippen LogP contribution in [0.2, 0.25) is 10.0 Å². The quantitative estimate of drug-likeness (QED) is 0.107. The van der Waals surface area contributed by atoms with E-state index in [2.05, 4.69) is 15.6 Å². The molecule has 1 heterocycles. The van der Waals surface area contributed by atoms with Crippen LogP contribution in [0.4, 0.5) is 0 Å². The van der Waals surface area contributed by atoms with Crippen molar-refractivity contribution in [1.82, 2.24) is 20.5 Å². The van der Waals surface area contributed by atoms with Gasteiger partial charge in [-0.1, -0.05) is 71.7 Å². The minimum atomic E-state index is -1.19. The number of aromatic nitrogens is 2. The van der Waals surface area contributed by atoms with Crippen molar-refractivity contribution >= 4 is 46.1 Å². The Labute approximate surface area is 293 Å². The number of nitrogens with one attached hydrogen (secondary N) is 1. The molecule has 4 aromatic carbocycles. The van der Waals surface area contributed by atoms with Crippen molar-refractivity contribution in [1.29, 1.82) is 0 Å². The number of carboxylic acids is 1. The molecule has 5 rings (SSSR count). The van der Waals surface area contributed by atoms with Gasteiger partial charge in [0, 0.05) is 42.4 Å². The molecule has 1 atom stereocenters. The number of fused-ring (bicyclic) bond motifs is 1. The standard InChI is InChI=1S/C36H36Cl2N4O7/c1-3-42(4-2)34(44)15-22-7-5-8-24(13-22)27-10-6-9-25(35(27)38)21-48-33-17-32(26(16-28(33)37)18-39-31(19-43)36(45)46)47-20-23-11-12-29-30(14-23)41-49-40-29/h5-14,16-17,31,39,43H,3-4,15,18-21H2,1-2H3,(H,45,46). The smallest absolute Gasteiger partial charge is 0.323 e. The predicted octanol–water partition coefficient (Wildman–Crippen LogP) is 6.30. The first-order valence-corrected chi connectivity index (χ1v) is 16.5. The van der Waals surface area contributed by atoms with Crippen LogP contribution in [0.15, 0.2) is 77.4 Å². The lowest BCUT2D eigenvalue weighted by Gasteiger charge is -2.19. The van der Waals surface area contributed by atoms with E-state index in [0.29, 0.717) is 52.6 Å². The zero-order chi connectivity index (χ0) is 34.9. The SMILES string of the molecule is CCN(CC)C(=O)Cc1cccc(-c2cccc(COc3cc(OCc4ccc5nonc5c4)c(CNC(CO)C(=O)O)cc3Cl)c2Cl)c1. The van der Waals surface area contributed by atoms with Crippen LogP contribution in [-0.4, -0.2) is 63.0 Å². The second-order valence-corrected chi connectivity index (χ2v) is 12.0. The molecule has 0 spiro atoms. The molecule has 0 fully saturated rings. The molecule has 3 N–H and O–H groups in total. The number of benzene rings is 4. The van der Waals surface area contributed by atoms with E-state index in [1.54, 1.807) is 29.2 Å². The van der Waals surface area contributed by atoms with Crippen molar-refractivity contribution in [2.24, 2.45) is 0 Å². The summed E-state index contributed by atoms with van der Waals surface area (Å²) in [4.78, 5) is 26.0. The number of aliphatic hydroxyl groups excluding tert-OH is 1. The molecule has 1 amide bonds. The summed E-state index contributed by atoms with van der Waals surface area (Å²) in [5, 5.41) is 30.1. The Morgan fingerprint density at radius 1 is 0.878 bits per heavy atom. The summed E-state index contributed by atoms with van der Waals surface area (Å²) in [7, 11) is 0. The van der Waals surface area contributed by atoms with Gasteiger partial charge in [-0.3, -0.25) is 14.9 Å².